The second-order valence-electron chi connectivity index (χ2n) is 4.09. The summed E-state index contributed by atoms with van der Waals surface area (Å²) in [6.07, 6.45) is 2.73. The largest absolute Gasteiger partial charge is 0.442 e. The monoisotopic (exact) mass is 209 g/mol. The van der Waals surface area contributed by atoms with Gasteiger partial charge in [-0.15, -0.1) is 0 Å². The Morgan fingerprint density at radius 3 is 2.60 bits per heavy atom. The number of aliphatic imine (C=N–C) groups is 1. The Balaban J connectivity index is 2.68. The van der Waals surface area contributed by atoms with Gasteiger partial charge < -0.3 is 4.74 Å². The highest BCUT2D eigenvalue weighted by Gasteiger charge is 2.15. The lowest BCUT2D eigenvalue weighted by Crippen LogP contribution is -2.23. The predicted molar refractivity (Wildman–Crippen MR) is 57.0 cm³/mol. The third-order valence-corrected chi connectivity index (χ3v) is 1.48. The molecule has 0 aliphatic rings. The van der Waals surface area contributed by atoms with Crippen molar-refractivity contribution in [3.8, 4) is 0 Å². The second kappa shape index (κ2) is 4.25. The Morgan fingerprint density at radius 1 is 1.47 bits per heavy atom. The van der Waals surface area contributed by atoms with Crippen LogP contribution in [0.25, 0.3) is 0 Å². The van der Waals surface area contributed by atoms with Gasteiger partial charge in [0.15, 0.2) is 0 Å². The Morgan fingerprint density at radius 2 is 2.13 bits per heavy atom. The van der Waals surface area contributed by atoms with E-state index in [1.165, 1.54) is 4.68 Å². The predicted octanol–water partition coefficient (Wildman–Crippen LogP) is 2.08. The minimum Gasteiger partial charge on any atom is -0.442 e. The molecular weight excluding hydrogens is 194 g/mol. The zero-order valence-corrected chi connectivity index (χ0v) is 9.39. The number of nitrogens with zero attached hydrogens (tertiary/aromatic N) is 3. The molecule has 0 saturated carbocycles. The van der Waals surface area contributed by atoms with Crippen LogP contribution in [0, 0.1) is 0 Å². The van der Waals surface area contributed by atoms with E-state index in [1.807, 2.05) is 0 Å². The topological polar surface area (TPSA) is 56.5 Å². The van der Waals surface area contributed by atoms with Gasteiger partial charge in [-0.2, -0.15) is 10.1 Å². The Bertz CT molecular complexity index is 361. The molecule has 1 rings (SSSR count). The first-order chi connectivity index (χ1) is 6.88. The maximum absolute atomic E-state index is 11.3. The molecule has 5 nitrogen and oxygen atoms in total. The molecule has 0 fully saturated rings. The van der Waals surface area contributed by atoms with Crippen LogP contribution in [0.2, 0.25) is 0 Å². The lowest BCUT2D eigenvalue weighted by Gasteiger charge is -2.17. The summed E-state index contributed by atoms with van der Waals surface area (Å²) in [6.45, 7) is 7.08. The summed E-state index contributed by atoms with van der Waals surface area (Å²) in [4.78, 5) is 15.1. The Labute approximate surface area is 88.8 Å². The van der Waals surface area contributed by atoms with Gasteiger partial charge >= 0.3 is 6.09 Å². The van der Waals surface area contributed by atoms with E-state index in [1.54, 1.807) is 46.2 Å². The van der Waals surface area contributed by atoms with Crippen LogP contribution >= 0.6 is 0 Å². The average Bonchev–Trinajstić information content (AvgIpc) is 2.50. The van der Waals surface area contributed by atoms with E-state index in [-0.39, 0.29) is 0 Å². The number of carbonyl (C=O) groups excluding carboxylic acids is 1. The zero-order chi connectivity index (χ0) is 11.5. The van der Waals surface area contributed by atoms with Crippen LogP contribution < -0.4 is 0 Å². The third-order valence-electron chi connectivity index (χ3n) is 1.48. The van der Waals surface area contributed by atoms with Crippen molar-refractivity contribution < 1.29 is 9.53 Å². The van der Waals surface area contributed by atoms with Crippen molar-refractivity contribution in [2.75, 3.05) is 0 Å². The summed E-state index contributed by atoms with van der Waals surface area (Å²) < 4.78 is 6.54. The first-order valence-corrected chi connectivity index (χ1v) is 4.67. The molecule has 15 heavy (non-hydrogen) atoms. The minimum absolute atomic E-state index is 0.481. The van der Waals surface area contributed by atoms with Crippen LogP contribution in [-0.4, -0.2) is 27.3 Å². The first-order valence-electron chi connectivity index (χ1n) is 4.67. The van der Waals surface area contributed by atoms with Crippen molar-refractivity contribution in [2.45, 2.75) is 33.3 Å². The van der Waals surface area contributed by atoms with Gasteiger partial charge in [0.05, 0.1) is 0 Å². The fourth-order valence-corrected chi connectivity index (χ4v) is 0.928. The standard InChI is InChI=1S/C10H15N3O2/c1-8(13-7-5-6-11-13)12-9(14)15-10(2,3)4/h5-7H,1-4H3/b12-8+. The normalized spacial score (nSPS) is 12.7. The third kappa shape index (κ3) is 3.93. The Kier molecular flexibility index (Phi) is 3.24. The van der Waals surface area contributed by atoms with Crippen molar-refractivity contribution >= 4 is 11.9 Å². The maximum atomic E-state index is 11.3. The van der Waals surface area contributed by atoms with Crippen LogP contribution in [0.3, 0.4) is 0 Å². The van der Waals surface area contributed by atoms with E-state index < -0.39 is 11.7 Å². The smallest absolute Gasteiger partial charge is 0.435 e. The van der Waals surface area contributed by atoms with E-state index in [4.69, 9.17) is 4.74 Å². The van der Waals surface area contributed by atoms with E-state index >= 15 is 0 Å². The van der Waals surface area contributed by atoms with Gasteiger partial charge in [0.1, 0.15) is 11.4 Å². The number of aromatic nitrogens is 2. The molecule has 0 atom stereocenters. The van der Waals surface area contributed by atoms with Crippen molar-refractivity contribution in [1.82, 2.24) is 9.78 Å². The molecule has 0 aliphatic heterocycles. The first kappa shape index (κ1) is 11.4. The molecule has 1 aromatic rings. The van der Waals surface area contributed by atoms with Gasteiger partial charge in [-0.1, -0.05) is 0 Å². The molecule has 1 heterocycles. The number of carbonyl (C=O) groups is 1. The van der Waals surface area contributed by atoms with E-state index in [9.17, 15) is 4.79 Å². The SMILES string of the molecule is C/C(=N\C(=O)OC(C)(C)C)n1cccn1. The van der Waals surface area contributed by atoms with Gasteiger partial charge in [0.2, 0.25) is 0 Å². The lowest BCUT2D eigenvalue weighted by atomic mass is 10.2. The molecule has 5 heteroatoms. The van der Waals surface area contributed by atoms with E-state index in [2.05, 4.69) is 10.1 Å². The minimum atomic E-state index is -0.601. The summed E-state index contributed by atoms with van der Waals surface area (Å²) in [5.74, 6) is 0.481. The number of ether oxygens (including phenoxy) is 1. The fraction of sp³-hybridized carbons (Fsp3) is 0.500. The molecule has 0 bridgehead atoms. The number of amides is 1. The molecule has 0 unspecified atom stereocenters. The summed E-state index contributed by atoms with van der Waals surface area (Å²) in [7, 11) is 0. The highest BCUT2D eigenvalue weighted by atomic mass is 16.6. The Hall–Kier alpha value is -1.65. The van der Waals surface area contributed by atoms with Crippen LogP contribution in [0.1, 0.15) is 27.7 Å². The number of hydrogen-bond acceptors (Lipinski definition) is 3. The highest BCUT2D eigenvalue weighted by Crippen LogP contribution is 2.08. The molecule has 0 aromatic carbocycles. The number of rotatable bonds is 0. The summed E-state index contributed by atoms with van der Waals surface area (Å²) >= 11 is 0. The van der Waals surface area contributed by atoms with Crippen LogP contribution in [0.5, 0.6) is 0 Å². The van der Waals surface area contributed by atoms with Crippen LogP contribution in [0.15, 0.2) is 23.5 Å². The molecule has 0 N–H and O–H groups in total. The van der Waals surface area contributed by atoms with Gasteiger partial charge in [0, 0.05) is 12.4 Å². The molecule has 0 spiro atoms. The van der Waals surface area contributed by atoms with Crippen molar-refractivity contribution in [1.29, 1.82) is 0 Å². The highest BCUT2D eigenvalue weighted by molar-refractivity contribution is 5.91. The summed E-state index contributed by atoms with van der Waals surface area (Å²) in [5.41, 5.74) is -0.523. The summed E-state index contributed by atoms with van der Waals surface area (Å²) in [5, 5.41) is 3.94. The second-order valence-corrected chi connectivity index (χ2v) is 4.09. The van der Waals surface area contributed by atoms with Gasteiger partial charge in [-0.05, 0) is 33.8 Å². The number of hydrogen-bond donors (Lipinski definition) is 0. The molecule has 0 saturated heterocycles. The molecular formula is C10H15N3O2. The van der Waals surface area contributed by atoms with Gasteiger partial charge in [0.25, 0.3) is 0 Å². The quantitative estimate of drug-likeness (QED) is 0.485. The fourth-order valence-electron chi connectivity index (χ4n) is 0.928. The molecule has 0 radical (unpaired) electrons. The molecule has 1 aromatic heterocycles. The van der Waals surface area contributed by atoms with Crippen LogP contribution in [0.4, 0.5) is 4.79 Å². The van der Waals surface area contributed by atoms with Crippen LogP contribution in [-0.2, 0) is 4.74 Å². The van der Waals surface area contributed by atoms with Crippen molar-refractivity contribution in [3.63, 3.8) is 0 Å². The van der Waals surface area contributed by atoms with E-state index in [0.717, 1.165) is 0 Å². The van der Waals surface area contributed by atoms with Gasteiger partial charge in [-0.25, -0.2) is 9.48 Å². The lowest BCUT2D eigenvalue weighted by molar-refractivity contribution is 0.0603. The van der Waals surface area contributed by atoms with Crippen molar-refractivity contribution in [3.05, 3.63) is 18.5 Å². The zero-order valence-electron chi connectivity index (χ0n) is 9.39. The average molecular weight is 209 g/mol. The molecule has 1 amide bonds. The summed E-state index contributed by atoms with van der Waals surface area (Å²) in [6, 6.07) is 1.76. The van der Waals surface area contributed by atoms with Crippen molar-refractivity contribution in [2.24, 2.45) is 4.99 Å². The maximum Gasteiger partial charge on any atom is 0.435 e. The van der Waals surface area contributed by atoms with Gasteiger partial charge in [-0.3, -0.25) is 0 Å². The van der Waals surface area contributed by atoms with E-state index in [0.29, 0.717) is 5.84 Å². The molecule has 82 valence electrons. The molecule has 0 aliphatic carbocycles.